The number of carbonyl (C=O) groups excluding carboxylic acids is 2. The van der Waals surface area contributed by atoms with E-state index >= 15 is 4.39 Å². The summed E-state index contributed by atoms with van der Waals surface area (Å²) in [5.74, 6) is -5.45. The Morgan fingerprint density at radius 3 is 2.59 bits per heavy atom. The molecule has 4 heterocycles. The monoisotopic (exact) mass is 578 g/mol. The second-order valence-corrected chi connectivity index (χ2v) is 10.7. The van der Waals surface area contributed by atoms with Crippen molar-refractivity contribution in [2.24, 2.45) is 5.16 Å². The summed E-state index contributed by atoms with van der Waals surface area (Å²) in [4.78, 5) is 47.9. The number of unbranched alkanes of at least 4 members (excludes halogenated alkanes) is 1. The molecule has 1 aromatic heterocycles. The Kier molecular flexibility index (Phi) is 7.56. The van der Waals surface area contributed by atoms with E-state index in [1.54, 1.807) is 4.90 Å². The number of carbonyl (C=O) groups is 2. The van der Waals surface area contributed by atoms with Crippen LogP contribution in [0.2, 0.25) is 0 Å². The summed E-state index contributed by atoms with van der Waals surface area (Å²) in [5, 5.41) is 6.19. The van der Waals surface area contributed by atoms with Crippen LogP contribution in [-0.4, -0.2) is 58.0 Å². The fourth-order valence-corrected chi connectivity index (χ4v) is 5.71. The van der Waals surface area contributed by atoms with Crippen molar-refractivity contribution in [1.29, 1.82) is 0 Å². The van der Waals surface area contributed by atoms with Crippen molar-refractivity contribution in [2.75, 3.05) is 13.2 Å². The minimum Gasteiger partial charge on any atom is -0.487 e. The molecule has 2 aromatic rings. The minimum absolute atomic E-state index is 0.0283. The number of hydrogen-bond acceptors (Lipinski definition) is 6. The normalized spacial score (nSPS) is 25.0. The van der Waals surface area contributed by atoms with Crippen molar-refractivity contribution >= 4 is 17.5 Å². The van der Waals surface area contributed by atoms with Crippen LogP contribution in [0.4, 0.5) is 17.6 Å². The standard InChI is InChI=1S/C28H30F4N4O5/c1-4-5-8-40-24-22-27(39)35-13-21(28(7-6-14(35)2)25(32)15(3)34-41-28)36(22)12-18(23(24)37)26(38)33-11-17-19(30)9-16(29)10-20(17)31/h9-10,12,14,21,25H,4-8,11,13H2,1-3H3,(H,33,38)/t14-,21+,25-,28+/m0/s1. The summed E-state index contributed by atoms with van der Waals surface area (Å²) < 4.78 is 64.6. The van der Waals surface area contributed by atoms with Gasteiger partial charge >= 0.3 is 0 Å². The van der Waals surface area contributed by atoms with E-state index in [1.807, 2.05) is 13.8 Å². The first-order valence-corrected chi connectivity index (χ1v) is 13.5. The van der Waals surface area contributed by atoms with Gasteiger partial charge in [-0.2, -0.15) is 0 Å². The summed E-state index contributed by atoms with van der Waals surface area (Å²) >= 11 is 0. The number of amides is 2. The molecular weight excluding hydrogens is 548 g/mol. The SMILES string of the molecule is CCCCOc1c2n(cc(C(=O)NCc3c(F)cc(F)cc3F)c1=O)[C@@H]1CN(C2=O)[C@@H](C)CC[C@@]12ON=C(C)[C@@H]2F. The lowest BCUT2D eigenvalue weighted by atomic mass is 9.82. The molecule has 220 valence electrons. The lowest BCUT2D eigenvalue weighted by Gasteiger charge is -2.42. The summed E-state index contributed by atoms with van der Waals surface area (Å²) in [7, 11) is 0. The van der Waals surface area contributed by atoms with Gasteiger partial charge in [0.25, 0.3) is 11.8 Å². The molecule has 0 radical (unpaired) electrons. The lowest BCUT2D eigenvalue weighted by molar-refractivity contribution is -0.0956. The molecule has 3 aliphatic rings. The molecule has 0 aliphatic carbocycles. The molecule has 0 unspecified atom stereocenters. The van der Waals surface area contributed by atoms with E-state index in [2.05, 4.69) is 10.5 Å². The molecule has 1 aromatic carbocycles. The van der Waals surface area contributed by atoms with Crippen LogP contribution in [0, 0.1) is 17.5 Å². The Morgan fingerprint density at radius 2 is 1.95 bits per heavy atom. The van der Waals surface area contributed by atoms with Crippen molar-refractivity contribution in [1.82, 2.24) is 14.8 Å². The zero-order valence-corrected chi connectivity index (χ0v) is 22.8. The Bertz CT molecular complexity index is 1470. The first kappa shape index (κ1) is 28.6. The Labute approximate surface area is 233 Å². The van der Waals surface area contributed by atoms with Gasteiger partial charge < -0.3 is 24.4 Å². The van der Waals surface area contributed by atoms with Gasteiger partial charge in [-0.1, -0.05) is 18.5 Å². The van der Waals surface area contributed by atoms with Gasteiger partial charge in [-0.25, -0.2) is 17.6 Å². The maximum absolute atomic E-state index is 15.8. The number of aromatic nitrogens is 1. The summed E-state index contributed by atoms with van der Waals surface area (Å²) in [6.45, 7) is 4.63. The first-order chi connectivity index (χ1) is 19.5. The molecule has 41 heavy (non-hydrogen) atoms. The second kappa shape index (κ2) is 10.8. The van der Waals surface area contributed by atoms with Crippen molar-refractivity contribution in [3.63, 3.8) is 0 Å². The van der Waals surface area contributed by atoms with Gasteiger partial charge in [-0.05, 0) is 33.1 Å². The molecule has 0 saturated carbocycles. The molecule has 4 atom stereocenters. The fourth-order valence-electron chi connectivity index (χ4n) is 5.71. The van der Waals surface area contributed by atoms with Crippen molar-refractivity contribution in [2.45, 2.75) is 76.9 Å². The summed E-state index contributed by atoms with van der Waals surface area (Å²) in [6, 6.07) is -0.247. The van der Waals surface area contributed by atoms with Crippen LogP contribution < -0.4 is 15.5 Å². The molecule has 1 saturated heterocycles. The molecule has 13 heteroatoms. The number of pyridine rings is 1. The van der Waals surface area contributed by atoms with Gasteiger partial charge in [0, 0.05) is 43.0 Å². The third-order valence-electron chi connectivity index (χ3n) is 8.09. The van der Waals surface area contributed by atoms with E-state index in [4.69, 9.17) is 9.57 Å². The largest absolute Gasteiger partial charge is 0.487 e. The third-order valence-corrected chi connectivity index (χ3v) is 8.09. The molecular formula is C28H30F4N4O5. The van der Waals surface area contributed by atoms with Crippen molar-refractivity contribution in [3.05, 3.63) is 62.8 Å². The Morgan fingerprint density at radius 1 is 1.24 bits per heavy atom. The number of halogens is 4. The van der Waals surface area contributed by atoms with Crippen LogP contribution in [0.25, 0.3) is 0 Å². The van der Waals surface area contributed by atoms with E-state index in [9.17, 15) is 27.6 Å². The number of hydrogen-bond donors (Lipinski definition) is 1. The highest BCUT2D eigenvalue weighted by atomic mass is 19.1. The highest BCUT2D eigenvalue weighted by Gasteiger charge is 2.59. The number of benzene rings is 1. The van der Waals surface area contributed by atoms with Crippen LogP contribution >= 0.6 is 0 Å². The number of oxime groups is 1. The van der Waals surface area contributed by atoms with E-state index in [0.29, 0.717) is 25.0 Å². The number of fused-ring (bicyclic) bond motifs is 5. The minimum atomic E-state index is -1.62. The van der Waals surface area contributed by atoms with Gasteiger partial charge in [-0.15, -0.1) is 0 Å². The molecule has 3 aliphatic heterocycles. The van der Waals surface area contributed by atoms with Gasteiger partial charge in [0.05, 0.1) is 18.4 Å². The van der Waals surface area contributed by atoms with Gasteiger partial charge in [0.1, 0.15) is 23.0 Å². The number of nitrogens with one attached hydrogen (secondary N) is 1. The van der Waals surface area contributed by atoms with E-state index in [-0.39, 0.29) is 42.8 Å². The second-order valence-electron chi connectivity index (χ2n) is 10.7. The third kappa shape index (κ3) is 4.74. The quantitative estimate of drug-likeness (QED) is 0.395. The average Bonchev–Trinajstić information content (AvgIpc) is 3.13. The lowest BCUT2D eigenvalue weighted by Crippen LogP contribution is -2.55. The molecule has 1 N–H and O–H groups in total. The first-order valence-electron chi connectivity index (χ1n) is 13.5. The average molecular weight is 579 g/mol. The van der Waals surface area contributed by atoms with Gasteiger partial charge in [0.15, 0.2) is 23.2 Å². The van der Waals surface area contributed by atoms with Crippen molar-refractivity contribution in [3.8, 4) is 5.75 Å². The van der Waals surface area contributed by atoms with Crippen LogP contribution in [-0.2, 0) is 11.4 Å². The smallest absolute Gasteiger partial charge is 0.274 e. The van der Waals surface area contributed by atoms with Crippen LogP contribution in [0.3, 0.4) is 0 Å². The van der Waals surface area contributed by atoms with Gasteiger partial charge in [0.2, 0.25) is 5.43 Å². The maximum atomic E-state index is 15.8. The molecule has 2 amide bonds. The van der Waals surface area contributed by atoms with Crippen LogP contribution in [0.1, 0.15) is 78.9 Å². The Hall–Kier alpha value is -3.90. The number of ether oxygens (including phenoxy) is 1. The zero-order valence-electron chi connectivity index (χ0n) is 22.8. The molecule has 9 nitrogen and oxygen atoms in total. The van der Waals surface area contributed by atoms with Crippen LogP contribution in [0.5, 0.6) is 5.75 Å². The topological polar surface area (TPSA) is 102 Å². The predicted molar refractivity (Wildman–Crippen MR) is 139 cm³/mol. The highest BCUT2D eigenvalue weighted by molar-refractivity contribution is 5.99. The van der Waals surface area contributed by atoms with E-state index in [0.717, 1.165) is 12.6 Å². The highest BCUT2D eigenvalue weighted by Crippen LogP contribution is 2.47. The number of alkyl halides is 1. The number of nitrogens with zero attached hydrogens (tertiary/aromatic N) is 3. The van der Waals surface area contributed by atoms with E-state index in [1.165, 1.54) is 11.5 Å². The van der Waals surface area contributed by atoms with E-state index < -0.39 is 70.2 Å². The van der Waals surface area contributed by atoms with Gasteiger partial charge in [-0.3, -0.25) is 14.4 Å². The Balaban J connectivity index is 1.62. The molecule has 2 bridgehead atoms. The van der Waals surface area contributed by atoms with Crippen molar-refractivity contribution < 1.29 is 36.7 Å². The number of rotatable bonds is 7. The molecule has 1 fully saturated rings. The molecule has 1 spiro atoms. The predicted octanol–water partition coefficient (Wildman–Crippen LogP) is 4.04. The van der Waals surface area contributed by atoms with Crippen LogP contribution in [0.15, 0.2) is 28.3 Å². The summed E-state index contributed by atoms with van der Waals surface area (Å²) in [5.41, 5.74) is -3.51. The molecule has 5 rings (SSSR count). The zero-order chi connectivity index (χ0) is 29.6. The fraction of sp³-hybridized carbons (Fsp3) is 0.500. The maximum Gasteiger partial charge on any atom is 0.274 e. The summed E-state index contributed by atoms with van der Waals surface area (Å²) in [6.07, 6.45) is 1.38.